The third-order valence-corrected chi connectivity index (χ3v) is 2.00. The van der Waals surface area contributed by atoms with Crippen molar-refractivity contribution in [1.82, 2.24) is 5.32 Å². The highest BCUT2D eigenvalue weighted by Crippen LogP contribution is 2.18. The number of hydrogen-bond donors (Lipinski definition) is 2. The molecule has 82 valence electrons. The van der Waals surface area contributed by atoms with Crippen LogP contribution in [0.4, 0.5) is 5.69 Å². The Bertz CT molecular complexity index is 350. The molecule has 1 aromatic carbocycles. The molecular weight excluding hydrogens is 192 g/mol. The Kier molecular flexibility index (Phi) is 3.97. The average molecular weight is 208 g/mol. The largest absolute Gasteiger partial charge is 0.492 e. The van der Waals surface area contributed by atoms with Crippen molar-refractivity contribution in [3.8, 4) is 5.75 Å². The summed E-state index contributed by atoms with van der Waals surface area (Å²) in [6.45, 7) is 4.37. The van der Waals surface area contributed by atoms with E-state index in [9.17, 15) is 4.79 Å². The van der Waals surface area contributed by atoms with Gasteiger partial charge in [0, 0.05) is 18.7 Å². The smallest absolute Gasteiger partial charge is 0.216 e. The van der Waals surface area contributed by atoms with Crippen molar-refractivity contribution >= 4 is 11.6 Å². The molecule has 3 N–H and O–H groups in total. The number of nitrogens with two attached hydrogens (primary N) is 1. The molecule has 4 nitrogen and oxygen atoms in total. The van der Waals surface area contributed by atoms with E-state index in [-0.39, 0.29) is 5.91 Å². The van der Waals surface area contributed by atoms with Crippen LogP contribution in [0.2, 0.25) is 0 Å². The van der Waals surface area contributed by atoms with Crippen LogP contribution < -0.4 is 15.8 Å². The van der Waals surface area contributed by atoms with Gasteiger partial charge in [-0.05, 0) is 18.6 Å². The van der Waals surface area contributed by atoms with Crippen LogP contribution in [-0.2, 0) is 4.79 Å². The highest BCUT2D eigenvalue weighted by Gasteiger charge is 1.97. The first-order valence-electron chi connectivity index (χ1n) is 4.83. The number of benzene rings is 1. The van der Waals surface area contributed by atoms with Crippen molar-refractivity contribution in [3.63, 3.8) is 0 Å². The van der Waals surface area contributed by atoms with E-state index < -0.39 is 0 Å². The first-order valence-corrected chi connectivity index (χ1v) is 4.83. The van der Waals surface area contributed by atoms with Crippen LogP contribution in [0, 0.1) is 6.92 Å². The molecule has 0 spiro atoms. The molecule has 0 heterocycles. The van der Waals surface area contributed by atoms with Crippen molar-refractivity contribution in [2.24, 2.45) is 0 Å². The molecule has 0 aliphatic rings. The lowest BCUT2D eigenvalue weighted by Gasteiger charge is -2.08. The minimum Gasteiger partial charge on any atom is -0.492 e. The lowest BCUT2D eigenvalue weighted by atomic mass is 10.2. The van der Waals surface area contributed by atoms with E-state index >= 15 is 0 Å². The summed E-state index contributed by atoms with van der Waals surface area (Å²) in [5.74, 6) is 0.672. The fourth-order valence-corrected chi connectivity index (χ4v) is 1.10. The number of rotatable bonds is 4. The van der Waals surface area contributed by atoms with Gasteiger partial charge < -0.3 is 15.8 Å². The number of carbonyl (C=O) groups is 1. The second-order valence-electron chi connectivity index (χ2n) is 3.35. The maximum absolute atomic E-state index is 10.6. The Morgan fingerprint density at radius 3 is 2.87 bits per heavy atom. The number of ether oxygens (including phenoxy) is 1. The van der Waals surface area contributed by atoms with Gasteiger partial charge in [-0.15, -0.1) is 0 Å². The summed E-state index contributed by atoms with van der Waals surface area (Å²) in [5, 5.41) is 2.65. The fraction of sp³-hybridized carbons (Fsp3) is 0.364. The standard InChI is InChI=1S/C11H16N2O2/c1-8-3-4-10(7-11(8)12)15-6-5-13-9(2)14/h3-4,7H,5-6,12H2,1-2H3,(H,13,14). The molecule has 0 aliphatic carbocycles. The van der Waals surface area contributed by atoms with Crippen LogP contribution in [0.25, 0.3) is 0 Å². The summed E-state index contributed by atoms with van der Waals surface area (Å²) in [6.07, 6.45) is 0. The van der Waals surface area contributed by atoms with Gasteiger partial charge in [-0.2, -0.15) is 0 Å². The van der Waals surface area contributed by atoms with E-state index in [1.54, 1.807) is 6.07 Å². The Morgan fingerprint density at radius 1 is 1.53 bits per heavy atom. The Labute approximate surface area is 89.4 Å². The van der Waals surface area contributed by atoms with E-state index in [0.717, 1.165) is 11.3 Å². The van der Waals surface area contributed by atoms with E-state index in [1.807, 2.05) is 19.1 Å². The van der Waals surface area contributed by atoms with Crippen molar-refractivity contribution in [1.29, 1.82) is 0 Å². The van der Waals surface area contributed by atoms with Gasteiger partial charge in [-0.25, -0.2) is 0 Å². The van der Waals surface area contributed by atoms with Crippen LogP contribution >= 0.6 is 0 Å². The molecule has 0 saturated heterocycles. The molecule has 0 fully saturated rings. The van der Waals surface area contributed by atoms with Crippen molar-refractivity contribution < 1.29 is 9.53 Å². The minimum absolute atomic E-state index is 0.0537. The molecule has 0 aliphatic heterocycles. The van der Waals surface area contributed by atoms with Gasteiger partial charge in [-0.3, -0.25) is 4.79 Å². The van der Waals surface area contributed by atoms with Gasteiger partial charge in [0.2, 0.25) is 5.91 Å². The molecule has 1 aromatic rings. The van der Waals surface area contributed by atoms with E-state index in [2.05, 4.69) is 5.32 Å². The topological polar surface area (TPSA) is 64.3 Å². The number of nitrogen functional groups attached to an aromatic ring is 1. The fourth-order valence-electron chi connectivity index (χ4n) is 1.10. The number of amides is 1. The summed E-state index contributed by atoms with van der Waals surface area (Å²) < 4.78 is 5.40. The first kappa shape index (κ1) is 11.4. The number of anilines is 1. The van der Waals surface area contributed by atoms with Gasteiger partial charge >= 0.3 is 0 Å². The molecular formula is C11H16N2O2. The first-order chi connectivity index (χ1) is 7.09. The van der Waals surface area contributed by atoms with Gasteiger partial charge in [0.15, 0.2) is 0 Å². The van der Waals surface area contributed by atoms with Gasteiger partial charge in [0.1, 0.15) is 12.4 Å². The summed E-state index contributed by atoms with van der Waals surface area (Å²) in [6, 6.07) is 5.55. The minimum atomic E-state index is -0.0537. The highest BCUT2D eigenvalue weighted by atomic mass is 16.5. The van der Waals surface area contributed by atoms with Crippen molar-refractivity contribution in [3.05, 3.63) is 23.8 Å². The Hall–Kier alpha value is -1.71. The second kappa shape index (κ2) is 5.24. The van der Waals surface area contributed by atoms with E-state index in [4.69, 9.17) is 10.5 Å². The average Bonchev–Trinajstić information content (AvgIpc) is 2.18. The van der Waals surface area contributed by atoms with Crippen molar-refractivity contribution in [2.75, 3.05) is 18.9 Å². The van der Waals surface area contributed by atoms with Crippen LogP contribution in [0.15, 0.2) is 18.2 Å². The number of hydrogen-bond acceptors (Lipinski definition) is 3. The molecule has 0 bridgehead atoms. The summed E-state index contributed by atoms with van der Waals surface area (Å²) in [5.41, 5.74) is 7.47. The summed E-state index contributed by atoms with van der Waals surface area (Å²) in [4.78, 5) is 10.6. The molecule has 4 heteroatoms. The van der Waals surface area contributed by atoms with E-state index in [1.165, 1.54) is 6.92 Å². The molecule has 0 unspecified atom stereocenters. The Balaban J connectivity index is 2.38. The van der Waals surface area contributed by atoms with Crippen LogP contribution in [0.3, 0.4) is 0 Å². The molecule has 1 amide bonds. The summed E-state index contributed by atoms with van der Waals surface area (Å²) in [7, 11) is 0. The lowest BCUT2D eigenvalue weighted by Crippen LogP contribution is -2.25. The zero-order chi connectivity index (χ0) is 11.3. The maximum Gasteiger partial charge on any atom is 0.216 e. The zero-order valence-corrected chi connectivity index (χ0v) is 9.04. The Morgan fingerprint density at radius 2 is 2.27 bits per heavy atom. The normalized spacial score (nSPS) is 9.73. The van der Waals surface area contributed by atoms with E-state index in [0.29, 0.717) is 18.8 Å². The molecule has 0 radical (unpaired) electrons. The monoisotopic (exact) mass is 208 g/mol. The summed E-state index contributed by atoms with van der Waals surface area (Å²) >= 11 is 0. The number of nitrogens with one attached hydrogen (secondary N) is 1. The third-order valence-electron chi connectivity index (χ3n) is 2.00. The van der Waals surface area contributed by atoms with Crippen molar-refractivity contribution in [2.45, 2.75) is 13.8 Å². The van der Waals surface area contributed by atoms with Crippen LogP contribution in [0.5, 0.6) is 5.75 Å². The quantitative estimate of drug-likeness (QED) is 0.575. The maximum atomic E-state index is 10.6. The third kappa shape index (κ3) is 3.89. The second-order valence-corrected chi connectivity index (χ2v) is 3.35. The predicted molar refractivity (Wildman–Crippen MR) is 59.8 cm³/mol. The highest BCUT2D eigenvalue weighted by molar-refractivity contribution is 5.72. The molecule has 0 aromatic heterocycles. The molecule has 1 rings (SSSR count). The zero-order valence-electron chi connectivity index (χ0n) is 9.04. The number of carbonyl (C=O) groups excluding carboxylic acids is 1. The molecule has 0 saturated carbocycles. The molecule has 15 heavy (non-hydrogen) atoms. The number of aryl methyl sites for hydroxylation is 1. The van der Waals surface area contributed by atoms with Gasteiger partial charge in [0.05, 0.1) is 6.54 Å². The van der Waals surface area contributed by atoms with Crippen LogP contribution in [0.1, 0.15) is 12.5 Å². The van der Waals surface area contributed by atoms with Crippen LogP contribution in [-0.4, -0.2) is 19.1 Å². The predicted octanol–water partition coefficient (Wildman–Crippen LogP) is 1.09. The lowest BCUT2D eigenvalue weighted by molar-refractivity contribution is -0.119. The molecule has 0 atom stereocenters. The van der Waals surface area contributed by atoms with Gasteiger partial charge in [0.25, 0.3) is 0 Å². The SMILES string of the molecule is CC(=O)NCCOc1ccc(C)c(N)c1. The van der Waals surface area contributed by atoms with Gasteiger partial charge in [-0.1, -0.05) is 6.07 Å².